The van der Waals surface area contributed by atoms with Gasteiger partial charge in [-0.2, -0.15) is 0 Å². The summed E-state index contributed by atoms with van der Waals surface area (Å²) in [5.74, 6) is 2.99. The molecule has 1 atom stereocenters. The number of hydrogen-bond acceptors (Lipinski definition) is 6. The van der Waals surface area contributed by atoms with Crippen molar-refractivity contribution < 1.29 is 14.3 Å². The van der Waals surface area contributed by atoms with Crippen LogP contribution in [0.2, 0.25) is 0 Å². The molecular formula is C18H23N5O3. The zero-order valence-corrected chi connectivity index (χ0v) is 15.3. The van der Waals surface area contributed by atoms with Gasteiger partial charge in [-0.3, -0.25) is 4.79 Å². The monoisotopic (exact) mass is 357 g/mol. The quantitative estimate of drug-likeness (QED) is 0.814. The molecular weight excluding hydrogens is 334 g/mol. The smallest absolute Gasteiger partial charge is 0.254 e. The van der Waals surface area contributed by atoms with E-state index in [1.54, 1.807) is 18.2 Å². The van der Waals surface area contributed by atoms with Crippen molar-refractivity contribution in [1.29, 1.82) is 0 Å². The summed E-state index contributed by atoms with van der Waals surface area (Å²) in [4.78, 5) is 17.2. The molecule has 3 heterocycles. The number of rotatable bonds is 3. The predicted octanol–water partition coefficient (Wildman–Crippen LogP) is 0.944. The first-order valence-corrected chi connectivity index (χ1v) is 8.77. The third-order valence-corrected chi connectivity index (χ3v) is 4.78. The number of carbonyl (C=O) groups excluding carboxylic acids is 1. The third-order valence-electron chi connectivity index (χ3n) is 4.78. The first kappa shape index (κ1) is 16.8. The lowest BCUT2D eigenvalue weighted by molar-refractivity contribution is 0.0542. The van der Waals surface area contributed by atoms with E-state index in [2.05, 4.69) is 19.7 Å². The van der Waals surface area contributed by atoms with E-state index in [9.17, 15) is 4.79 Å². The van der Waals surface area contributed by atoms with E-state index >= 15 is 0 Å². The van der Waals surface area contributed by atoms with Gasteiger partial charge in [0.15, 0.2) is 17.3 Å². The van der Waals surface area contributed by atoms with Crippen LogP contribution < -0.4 is 9.47 Å². The number of aromatic nitrogens is 3. The van der Waals surface area contributed by atoms with E-state index in [1.807, 2.05) is 25.9 Å². The van der Waals surface area contributed by atoms with E-state index in [4.69, 9.17) is 9.47 Å². The fraction of sp³-hybridized carbons (Fsp3) is 0.500. The molecule has 4 rings (SSSR count). The molecule has 1 unspecified atom stereocenters. The summed E-state index contributed by atoms with van der Waals surface area (Å²) in [5, 5.41) is 8.39. The van der Waals surface area contributed by atoms with Crippen LogP contribution >= 0.6 is 0 Å². The highest BCUT2D eigenvalue weighted by Crippen LogP contribution is 2.32. The number of nitrogens with zero attached hydrogens (tertiary/aromatic N) is 5. The zero-order valence-electron chi connectivity index (χ0n) is 15.3. The minimum Gasteiger partial charge on any atom is -0.486 e. The molecule has 1 amide bonds. The maximum atomic E-state index is 13.2. The van der Waals surface area contributed by atoms with Crippen LogP contribution in [-0.2, 0) is 13.1 Å². The predicted molar refractivity (Wildman–Crippen MR) is 94.4 cm³/mol. The minimum absolute atomic E-state index is 0.0271. The van der Waals surface area contributed by atoms with Crippen molar-refractivity contribution in [3.8, 4) is 11.5 Å². The fourth-order valence-electron chi connectivity index (χ4n) is 3.53. The van der Waals surface area contributed by atoms with Crippen molar-refractivity contribution in [3.05, 3.63) is 35.4 Å². The van der Waals surface area contributed by atoms with Gasteiger partial charge in [-0.1, -0.05) is 0 Å². The summed E-state index contributed by atoms with van der Waals surface area (Å²) in [6, 6.07) is 5.42. The SMILES string of the molecule is Cc1nnc2n1CC(CN(C)C)N(C(=O)c1ccc3c(c1)OCCO3)C2. The van der Waals surface area contributed by atoms with Crippen LogP contribution in [0.5, 0.6) is 11.5 Å². The molecule has 0 bridgehead atoms. The van der Waals surface area contributed by atoms with Crippen LogP contribution in [0.4, 0.5) is 0 Å². The molecule has 138 valence electrons. The summed E-state index contributed by atoms with van der Waals surface area (Å²) in [7, 11) is 4.03. The van der Waals surface area contributed by atoms with Crippen LogP contribution in [0.3, 0.4) is 0 Å². The van der Waals surface area contributed by atoms with Gasteiger partial charge in [0.2, 0.25) is 0 Å². The van der Waals surface area contributed by atoms with Gasteiger partial charge < -0.3 is 23.8 Å². The van der Waals surface area contributed by atoms with Crippen molar-refractivity contribution in [2.75, 3.05) is 33.9 Å². The molecule has 0 saturated carbocycles. The molecule has 0 aliphatic carbocycles. The molecule has 0 saturated heterocycles. The Bertz CT molecular complexity index is 832. The minimum atomic E-state index is -0.0271. The van der Waals surface area contributed by atoms with Crippen LogP contribution in [-0.4, -0.2) is 70.4 Å². The number of ether oxygens (including phenoxy) is 2. The Hall–Kier alpha value is -2.61. The Morgan fingerprint density at radius 3 is 2.77 bits per heavy atom. The molecule has 1 aromatic carbocycles. The first-order chi connectivity index (χ1) is 12.5. The van der Waals surface area contributed by atoms with Crippen LogP contribution in [0, 0.1) is 6.92 Å². The Kier molecular flexibility index (Phi) is 4.28. The Labute approximate surface area is 152 Å². The van der Waals surface area contributed by atoms with Gasteiger partial charge in [-0.15, -0.1) is 10.2 Å². The molecule has 26 heavy (non-hydrogen) atoms. The lowest BCUT2D eigenvalue weighted by Gasteiger charge is -2.37. The summed E-state index contributed by atoms with van der Waals surface area (Å²) in [5.41, 5.74) is 0.600. The average Bonchev–Trinajstić information content (AvgIpc) is 3.00. The van der Waals surface area contributed by atoms with E-state index < -0.39 is 0 Å². The van der Waals surface area contributed by atoms with Gasteiger partial charge in [0.25, 0.3) is 5.91 Å². The maximum Gasteiger partial charge on any atom is 0.254 e. The fourth-order valence-corrected chi connectivity index (χ4v) is 3.53. The van der Waals surface area contributed by atoms with Crippen molar-refractivity contribution in [1.82, 2.24) is 24.6 Å². The molecule has 0 radical (unpaired) electrons. The molecule has 8 nitrogen and oxygen atoms in total. The van der Waals surface area contributed by atoms with E-state index in [-0.39, 0.29) is 11.9 Å². The topological polar surface area (TPSA) is 72.7 Å². The van der Waals surface area contributed by atoms with Crippen molar-refractivity contribution in [3.63, 3.8) is 0 Å². The van der Waals surface area contributed by atoms with E-state index in [1.165, 1.54) is 0 Å². The van der Waals surface area contributed by atoms with Crippen LogP contribution in [0.15, 0.2) is 18.2 Å². The Morgan fingerprint density at radius 1 is 1.23 bits per heavy atom. The normalized spacial score (nSPS) is 18.8. The lowest BCUT2D eigenvalue weighted by Crippen LogP contribution is -2.51. The Morgan fingerprint density at radius 2 is 2.00 bits per heavy atom. The number of fused-ring (bicyclic) bond motifs is 2. The Balaban J connectivity index is 1.64. The molecule has 0 N–H and O–H groups in total. The molecule has 0 spiro atoms. The van der Waals surface area contributed by atoms with Gasteiger partial charge in [-0.05, 0) is 39.2 Å². The number of aryl methyl sites for hydroxylation is 1. The van der Waals surface area contributed by atoms with Gasteiger partial charge in [-0.25, -0.2) is 0 Å². The number of hydrogen-bond donors (Lipinski definition) is 0. The maximum absolute atomic E-state index is 13.2. The van der Waals surface area contributed by atoms with Gasteiger partial charge >= 0.3 is 0 Å². The van der Waals surface area contributed by atoms with Crippen molar-refractivity contribution >= 4 is 5.91 Å². The second kappa shape index (κ2) is 6.60. The second-order valence-electron chi connectivity index (χ2n) is 6.98. The summed E-state index contributed by atoms with van der Waals surface area (Å²) < 4.78 is 13.3. The van der Waals surface area contributed by atoms with Gasteiger partial charge in [0, 0.05) is 18.7 Å². The van der Waals surface area contributed by atoms with Crippen molar-refractivity contribution in [2.45, 2.75) is 26.1 Å². The molecule has 8 heteroatoms. The van der Waals surface area contributed by atoms with Crippen LogP contribution in [0.1, 0.15) is 22.0 Å². The highest BCUT2D eigenvalue weighted by molar-refractivity contribution is 5.95. The van der Waals surface area contributed by atoms with E-state index in [0.717, 1.165) is 18.2 Å². The van der Waals surface area contributed by atoms with Gasteiger partial charge in [0.1, 0.15) is 19.0 Å². The highest BCUT2D eigenvalue weighted by atomic mass is 16.6. The summed E-state index contributed by atoms with van der Waals surface area (Å²) in [6.45, 7) is 4.90. The van der Waals surface area contributed by atoms with Crippen LogP contribution in [0.25, 0.3) is 0 Å². The van der Waals surface area contributed by atoms with Gasteiger partial charge in [0.05, 0.1) is 12.6 Å². The summed E-state index contributed by atoms with van der Waals surface area (Å²) >= 11 is 0. The molecule has 2 aliphatic rings. The largest absolute Gasteiger partial charge is 0.486 e. The molecule has 2 aromatic rings. The first-order valence-electron chi connectivity index (χ1n) is 8.77. The standard InChI is InChI=1S/C18H23N5O3/c1-12-19-20-17-11-23(14(9-21(2)3)10-22(12)17)18(24)13-4-5-15-16(8-13)26-7-6-25-15/h4-5,8,14H,6-7,9-11H2,1-3H3. The second-order valence-corrected chi connectivity index (χ2v) is 6.98. The molecule has 2 aliphatic heterocycles. The number of likely N-dealkylation sites (N-methyl/N-ethyl adjacent to an activating group) is 1. The number of amides is 1. The zero-order chi connectivity index (χ0) is 18.3. The highest BCUT2D eigenvalue weighted by Gasteiger charge is 2.33. The third kappa shape index (κ3) is 3.01. The molecule has 1 aromatic heterocycles. The van der Waals surface area contributed by atoms with E-state index in [0.29, 0.717) is 43.4 Å². The molecule has 0 fully saturated rings. The van der Waals surface area contributed by atoms with Crippen molar-refractivity contribution in [2.24, 2.45) is 0 Å². The summed E-state index contributed by atoms with van der Waals surface area (Å²) in [6.07, 6.45) is 0. The number of carbonyl (C=O) groups is 1. The average molecular weight is 357 g/mol. The lowest BCUT2D eigenvalue weighted by atomic mass is 10.1. The number of benzene rings is 1.